The molecule has 5 nitrogen and oxygen atoms in total. The van der Waals surface area contributed by atoms with Gasteiger partial charge in [0.05, 0.1) is 6.04 Å². The molecule has 0 spiro atoms. The first-order valence-corrected chi connectivity index (χ1v) is 11.0. The van der Waals surface area contributed by atoms with Crippen molar-refractivity contribution in [2.75, 3.05) is 6.61 Å². The minimum absolute atomic E-state index is 0.166. The third-order valence-corrected chi connectivity index (χ3v) is 5.59. The van der Waals surface area contributed by atoms with Gasteiger partial charge in [-0.25, -0.2) is 0 Å². The molecule has 1 unspecified atom stereocenters. The normalized spacial score (nSPS) is 11.9. The van der Waals surface area contributed by atoms with Crippen LogP contribution in [0.5, 0.6) is 5.75 Å². The van der Waals surface area contributed by atoms with Crippen LogP contribution in [-0.2, 0) is 16.0 Å². The lowest BCUT2D eigenvalue weighted by molar-refractivity contribution is -0.120. The van der Waals surface area contributed by atoms with E-state index in [0.717, 1.165) is 28.8 Å². The summed E-state index contributed by atoms with van der Waals surface area (Å²) in [4.78, 5) is 24.5. The van der Waals surface area contributed by atoms with Gasteiger partial charge in [0.25, 0.3) is 5.91 Å². The Morgan fingerprint density at radius 2 is 1.84 bits per heavy atom. The first kappa shape index (κ1) is 22.3. The van der Waals surface area contributed by atoms with Crippen molar-refractivity contribution in [1.29, 1.82) is 0 Å². The lowest BCUT2D eigenvalue weighted by Gasteiger charge is -2.17. The molecule has 31 heavy (non-hydrogen) atoms. The first-order valence-electron chi connectivity index (χ1n) is 10.2. The van der Waals surface area contributed by atoms with Crippen molar-refractivity contribution in [2.45, 2.75) is 25.8 Å². The summed E-state index contributed by atoms with van der Waals surface area (Å²) in [7, 11) is 0. The number of nitrogens with two attached hydrogens (primary N) is 1. The molecule has 160 valence electrons. The highest BCUT2D eigenvalue weighted by atomic mass is 32.1. The lowest BCUT2D eigenvalue weighted by atomic mass is 10.0. The molecular weight excluding hydrogens is 408 g/mol. The van der Waals surface area contributed by atoms with Gasteiger partial charge in [0, 0.05) is 11.0 Å². The van der Waals surface area contributed by atoms with E-state index in [4.69, 9.17) is 10.5 Å². The van der Waals surface area contributed by atoms with Gasteiger partial charge >= 0.3 is 0 Å². The lowest BCUT2D eigenvalue weighted by Crippen LogP contribution is -2.27. The van der Waals surface area contributed by atoms with E-state index in [1.807, 2.05) is 29.6 Å². The van der Waals surface area contributed by atoms with Crippen LogP contribution in [-0.4, -0.2) is 18.4 Å². The Balaban J connectivity index is 1.67. The second kappa shape index (κ2) is 11.1. The number of carbonyl (C=O) groups excluding carboxylic acids is 2. The van der Waals surface area contributed by atoms with Gasteiger partial charge in [-0.15, -0.1) is 11.3 Å². The second-order valence-corrected chi connectivity index (χ2v) is 8.09. The summed E-state index contributed by atoms with van der Waals surface area (Å²) < 4.78 is 5.24. The number of benzene rings is 2. The molecule has 0 bridgehead atoms. The summed E-state index contributed by atoms with van der Waals surface area (Å²) in [6.45, 7) is 2.00. The van der Waals surface area contributed by atoms with Gasteiger partial charge in [0.2, 0.25) is 5.91 Å². The van der Waals surface area contributed by atoms with Crippen molar-refractivity contribution in [2.24, 2.45) is 5.73 Å². The van der Waals surface area contributed by atoms with Gasteiger partial charge < -0.3 is 15.8 Å². The van der Waals surface area contributed by atoms with Crippen LogP contribution < -0.4 is 15.8 Å². The first-order chi connectivity index (χ1) is 15.0. The number of nitrogens with one attached hydrogen (secondary N) is 1. The van der Waals surface area contributed by atoms with Crippen LogP contribution in [0.4, 0.5) is 0 Å². The van der Waals surface area contributed by atoms with E-state index >= 15 is 0 Å². The number of aryl methyl sites for hydroxylation is 1. The number of hydrogen-bond acceptors (Lipinski definition) is 4. The molecule has 3 aromatic rings. The third kappa shape index (κ3) is 6.83. The monoisotopic (exact) mass is 434 g/mol. The fraction of sp³-hybridized carbons (Fsp3) is 0.200. The number of amides is 2. The van der Waals surface area contributed by atoms with E-state index in [1.54, 1.807) is 29.5 Å². The van der Waals surface area contributed by atoms with Crippen molar-refractivity contribution in [3.05, 3.63) is 93.7 Å². The van der Waals surface area contributed by atoms with E-state index in [1.165, 1.54) is 11.6 Å². The van der Waals surface area contributed by atoms with Crippen LogP contribution >= 0.6 is 11.3 Å². The van der Waals surface area contributed by atoms with Gasteiger partial charge in [-0.1, -0.05) is 55.8 Å². The molecule has 0 saturated carbocycles. The van der Waals surface area contributed by atoms with Gasteiger partial charge in [0.15, 0.2) is 6.61 Å². The maximum absolute atomic E-state index is 12.6. The van der Waals surface area contributed by atoms with E-state index in [9.17, 15) is 9.59 Å². The van der Waals surface area contributed by atoms with Gasteiger partial charge in [-0.2, -0.15) is 0 Å². The largest absolute Gasteiger partial charge is 0.484 e. The molecule has 0 aliphatic rings. The van der Waals surface area contributed by atoms with Crippen LogP contribution in [0.25, 0.3) is 6.08 Å². The molecule has 0 aliphatic heterocycles. The second-order valence-electron chi connectivity index (χ2n) is 7.11. The van der Waals surface area contributed by atoms with Crippen molar-refractivity contribution in [3.63, 3.8) is 0 Å². The minimum Gasteiger partial charge on any atom is -0.484 e. The Labute approximate surface area is 186 Å². The fourth-order valence-electron chi connectivity index (χ4n) is 3.13. The summed E-state index contributed by atoms with van der Waals surface area (Å²) in [6, 6.07) is 19.3. The number of rotatable bonds is 10. The fourth-order valence-corrected chi connectivity index (χ4v) is 3.93. The number of carbonyl (C=O) groups is 2. The molecule has 0 fully saturated rings. The third-order valence-electron chi connectivity index (χ3n) is 4.65. The quantitative estimate of drug-likeness (QED) is 0.462. The number of ether oxygens (including phenoxy) is 1. The average molecular weight is 435 g/mol. The zero-order valence-corrected chi connectivity index (χ0v) is 18.2. The summed E-state index contributed by atoms with van der Waals surface area (Å²) >= 11 is 1.62. The van der Waals surface area contributed by atoms with Crippen LogP contribution in [0.3, 0.4) is 0 Å². The standard InChI is InChI=1S/C25H26N2O3S/c1-2-4-18-6-11-20(12-7-18)25(22-5-3-16-31-22)27-24(29)15-10-19-8-13-21(14-9-19)30-17-23(26)28/h3,5-16,25H,2,4,17H2,1H3,(H2,26,28)(H,27,29). The van der Waals surface area contributed by atoms with Crippen LogP contribution in [0, 0.1) is 0 Å². The van der Waals surface area contributed by atoms with E-state index in [0.29, 0.717) is 5.75 Å². The van der Waals surface area contributed by atoms with Crippen molar-refractivity contribution < 1.29 is 14.3 Å². The highest BCUT2D eigenvalue weighted by molar-refractivity contribution is 7.10. The highest BCUT2D eigenvalue weighted by Gasteiger charge is 2.16. The molecule has 0 saturated heterocycles. The van der Waals surface area contributed by atoms with Crippen molar-refractivity contribution in [3.8, 4) is 5.75 Å². The van der Waals surface area contributed by atoms with Gasteiger partial charge in [-0.3, -0.25) is 9.59 Å². The Morgan fingerprint density at radius 3 is 2.45 bits per heavy atom. The molecule has 2 aromatic carbocycles. The van der Waals surface area contributed by atoms with E-state index in [-0.39, 0.29) is 18.6 Å². The maximum Gasteiger partial charge on any atom is 0.255 e. The Morgan fingerprint density at radius 1 is 1.10 bits per heavy atom. The molecule has 2 amide bonds. The average Bonchev–Trinajstić information content (AvgIpc) is 3.31. The Bertz CT molecular complexity index is 1010. The van der Waals surface area contributed by atoms with Gasteiger partial charge in [-0.05, 0) is 52.8 Å². The minimum atomic E-state index is -0.527. The summed E-state index contributed by atoms with van der Waals surface area (Å²) in [5.74, 6) is -0.157. The number of thiophene rings is 1. The number of hydrogen-bond donors (Lipinski definition) is 2. The predicted octanol–water partition coefficient (Wildman–Crippen LogP) is 4.48. The SMILES string of the molecule is CCCc1ccc(C(NC(=O)C=Cc2ccc(OCC(N)=O)cc2)c2cccs2)cc1. The Hall–Kier alpha value is -3.38. The van der Waals surface area contributed by atoms with Crippen LogP contribution in [0.1, 0.15) is 41.0 Å². The predicted molar refractivity (Wildman–Crippen MR) is 125 cm³/mol. The molecule has 0 radical (unpaired) electrons. The van der Waals surface area contributed by atoms with E-state index < -0.39 is 5.91 Å². The van der Waals surface area contributed by atoms with Crippen LogP contribution in [0.2, 0.25) is 0 Å². The highest BCUT2D eigenvalue weighted by Crippen LogP contribution is 2.26. The Kier molecular flexibility index (Phi) is 8.01. The molecule has 0 aliphatic carbocycles. The van der Waals surface area contributed by atoms with Crippen LogP contribution in [0.15, 0.2) is 72.1 Å². The molecule has 1 atom stereocenters. The molecule has 3 N–H and O–H groups in total. The summed E-state index contributed by atoms with van der Waals surface area (Å²) in [6.07, 6.45) is 5.41. The van der Waals surface area contributed by atoms with Crippen molar-refractivity contribution in [1.82, 2.24) is 5.32 Å². The summed E-state index contributed by atoms with van der Waals surface area (Å²) in [5, 5.41) is 5.12. The zero-order valence-electron chi connectivity index (χ0n) is 17.4. The molecule has 3 rings (SSSR count). The smallest absolute Gasteiger partial charge is 0.255 e. The maximum atomic E-state index is 12.6. The summed E-state index contributed by atoms with van der Waals surface area (Å²) in [5.41, 5.74) is 8.27. The van der Waals surface area contributed by atoms with E-state index in [2.05, 4.69) is 36.5 Å². The van der Waals surface area contributed by atoms with Gasteiger partial charge in [0.1, 0.15) is 5.75 Å². The molecular formula is C25H26N2O3S. The number of primary amides is 1. The topological polar surface area (TPSA) is 81.4 Å². The van der Waals surface area contributed by atoms with Crippen molar-refractivity contribution >= 4 is 29.2 Å². The molecule has 1 aromatic heterocycles. The molecule has 6 heteroatoms. The molecule has 1 heterocycles. The zero-order chi connectivity index (χ0) is 22.1.